The number of carbonyl (C=O) groups excluding carboxylic acids is 1. The number of anilines is 1. The SMILES string of the molecule is CC(C)Oc1ccccc1[C@@H]1CC(=O)Nc2c1c(=O)nc(SCc1ccc(F)cc1)n2C. The van der Waals surface area contributed by atoms with E-state index in [4.69, 9.17) is 4.74 Å². The van der Waals surface area contributed by atoms with Crippen molar-refractivity contribution in [2.45, 2.75) is 43.2 Å². The maximum Gasteiger partial charge on any atom is 0.279 e. The van der Waals surface area contributed by atoms with E-state index < -0.39 is 5.92 Å². The van der Waals surface area contributed by atoms with Gasteiger partial charge < -0.3 is 14.6 Å². The van der Waals surface area contributed by atoms with Gasteiger partial charge in [0.25, 0.3) is 5.56 Å². The molecule has 1 aliphatic heterocycles. The Balaban J connectivity index is 1.72. The topological polar surface area (TPSA) is 73.2 Å². The highest BCUT2D eigenvalue weighted by atomic mass is 32.2. The van der Waals surface area contributed by atoms with Crippen LogP contribution in [-0.4, -0.2) is 21.6 Å². The maximum atomic E-state index is 13.2. The van der Waals surface area contributed by atoms with Crippen molar-refractivity contribution in [3.63, 3.8) is 0 Å². The highest BCUT2D eigenvalue weighted by molar-refractivity contribution is 7.98. The van der Waals surface area contributed by atoms with Crippen molar-refractivity contribution in [1.29, 1.82) is 0 Å². The number of carbonyl (C=O) groups is 1. The summed E-state index contributed by atoms with van der Waals surface area (Å²) < 4.78 is 20.8. The van der Waals surface area contributed by atoms with Crippen LogP contribution in [0, 0.1) is 5.82 Å². The summed E-state index contributed by atoms with van der Waals surface area (Å²) in [4.78, 5) is 30.1. The fourth-order valence-electron chi connectivity index (χ4n) is 3.79. The molecule has 1 aliphatic rings. The lowest BCUT2D eigenvalue weighted by molar-refractivity contribution is -0.116. The van der Waals surface area contributed by atoms with Gasteiger partial charge in [-0.3, -0.25) is 9.59 Å². The minimum absolute atomic E-state index is 0.0424. The van der Waals surface area contributed by atoms with Crippen molar-refractivity contribution in [3.8, 4) is 5.75 Å². The summed E-state index contributed by atoms with van der Waals surface area (Å²) in [5.41, 5.74) is 1.79. The predicted octanol–water partition coefficient (Wildman–Crippen LogP) is 4.47. The number of aromatic nitrogens is 2. The van der Waals surface area contributed by atoms with E-state index >= 15 is 0 Å². The van der Waals surface area contributed by atoms with Crippen molar-refractivity contribution in [2.75, 3.05) is 5.32 Å². The largest absolute Gasteiger partial charge is 0.491 e. The summed E-state index contributed by atoms with van der Waals surface area (Å²) in [6.07, 6.45) is 0.101. The number of para-hydroxylation sites is 1. The molecule has 1 amide bonds. The molecule has 0 radical (unpaired) electrons. The van der Waals surface area contributed by atoms with Gasteiger partial charge in [0.15, 0.2) is 5.16 Å². The summed E-state index contributed by atoms with van der Waals surface area (Å²) >= 11 is 1.36. The highest BCUT2D eigenvalue weighted by Gasteiger charge is 2.33. The molecule has 0 unspecified atom stereocenters. The molecule has 32 heavy (non-hydrogen) atoms. The van der Waals surface area contributed by atoms with Crippen LogP contribution >= 0.6 is 11.8 Å². The third-order valence-corrected chi connectivity index (χ3v) is 6.34. The lowest BCUT2D eigenvalue weighted by Gasteiger charge is -2.28. The monoisotopic (exact) mass is 453 g/mol. The van der Waals surface area contributed by atoms with E-state index in [0.29, 0.717) is 28.0 Å². The summed E-state index contributed by atoms with van der Waals surface area (Å²) in [5, 5.41) is 3.33. The number of nitrogens with zero attached hydrogens (tertiary/aromatic N) is 2. The van der Waals surface area contributed by atoms with Crippen LogP contribution in [0.2, 0.25) is 0 Å². The van der Waals surface area contributed by atoms with Gasteiger partial charge in [0, 0.05) is 30.7 Å². The molecule has 3 aromatic rings. The van der Waals surface area contributed by atoms with Crippen LogP contribution in [0.4, 0.5) is 10.2 Å². The van der Waals surface area contributed by atoms with E-state index in [9.17, 15) is 14.0 Å². The van der Waals surface area contributed by atoms with E-state index in [0.717, 1.165) is 11.1 Å². The lowest BCUT2D eigenvalue weighted by atomic mass is 9.86. The number of halogens is 1. The summed E-state index contributed by atoms with van der Waals surface area (Å²) in [5.74, 6) is 0.709. The molecule has 0 saturated heterocycles. The predicted molar refractivity (Wildman–Crippen MR) is 123 cm³/mol. The minimum atomic E-state index is -0.448. The van der Waals surface area contributed by atoms with Crippen molar-refractivity contribution >= 4 is 23.5 Å². The number of hydrogen-bond donors (Lipinski definition) is 1. The Morgan fingerprint density at radius 2 is 1.91 bits per heavy atom. The third kappa shape index (κ3) is 4.55. The third-order valence-electron chi connectivity index (χ3n) is 5.24. The number of thioether (sulfide) groups is 1. The van der Waals surface area contributed by atoms with Gasteiger partial charge in [0.1, 0.15) is 17.4 Å². The molecule has 8 heteroatoms. The number of fused-ring (bicyclic) bond motifs is 1. The van der Waals surface area contributed by atoms with Gasteiger partial charge in [-0.1, -0.05) is 42.1 Å². The fourth-order valence-corrected chi connectivity index (χ4v) is 4.71. The molecule has 4 rings (SSSR count). The summed E-state index contributed by atoms with van der Waals surface area (Å²) in [6.45, 7) is 3.87. The van der Waals surface area contributed by atoms with Gasteiger partial charge in [-0.2, -0.15) is 4.98 Å². The molecule has 6 nitrogen and oxygen atoms in total. The maximum absolute atomic E-state index is 13.2. The first-order valence-electron chi connectivity index (χ1n) is 10.4. The molecular formula is C24H24FN3O3S. The molecule has 0 aliphatic carbocycles. The number of nitrogens with one attached hydrogen (secondary N) is 1. The van der Waals surface area contributed by atoms with Gasteiger partial charge >= 0.3 is 0 Å². The Morgan fingerprint density at radius 3 is 2.62 bits per heavy atom. The normalized spacial score (nSPS) is 15.4. The first kappa shape index (κ1) is 22.1. The average Bonchev–Trinajstić information content (AvgIpc) is 2.75. The van der Waals surface area contributed by atoms with Crippen LogP contribution in [-0.2, 0) is 17.6 Å². The standard InChI is InChI=1S/C24H24FN3O3S/c1-14(2)31-19-7-5-4-6-17(19)18-12-20(29)26-22-21(18)23(30)27-24(28(22)3)32-13-15-8-10-16(25)11-9-15/h4-11,14,18H,12-13H2,1-3H3,(H,26,29)/t18-/m0/s1. The lowest BCUT2D eigenvalue weighted by Crippen LogP contribution is -2.33. The first-order valence-corrected chi connectivity index (χ1v) is 11.4. The number of benzene rings is 2. The van der Waals surface area contributed by atoms with Crippen LogP contribution in [0.1, 0.15) is 42.9 Å². The summed E-state index contributed by atoms with van der Waals surface area (Å²) in [7, 11) is 1.78. The molecule has 166 valence electrons. The molecule has 0 spiro atoms. The van der Waals surface area contributed by atoms with Crippen molar-refractivity contribution in [1.82, 2.24) is 9.55 Å². The molecule has 0 bridgehead atoms. The average molecular weight is 454 g/mol. The van der Waals surface area contributed by atoms with E-state index in [2.05, 4.69) is 10.3 Å². The number of hydrogen-bond acceptors (Lipinski definition) is 5. The number of rotatable bonds is 6. The Labute approximate surface area is 189 Å². The minimum Gasteiger partial charge on any atom is -0.491 e. The van der Waals surface area contributed by atoms with Crippen LogP contribution in [0.3, 0.4) is 0 Å². The first-order chi connectivity index (χ1) is 15.3. The zero-order chi connectivity index (χ0) is 22.8. The van der Waals surface area contributed by atoms with Gasteiger partial charge in [0.2, 0.25) is 5.91 Å². The molecule has 2 heterocycles. The van der Waals surface area contributed by atoms with E-state index in [1.54, 1.807) is 23.7 Å². The quantitative estimate of drug-likeness (QED) is 0.440. The second-order valence-electron chi connectivity index (χ2n) is 7.95. The second-order valence-corrected chi connectivity index (χ2v) is 8.89. The number of ether oxygens (including phenoxy) is 1. The van der Waals surface area contributed by atoms with Crippen molar-refractivity contribution in [2.24, 2.45) is 7.05 Å². The molecule has 2 aromatic carbocycles. The number of amides is 1. The molecular weight excluding hydrogens is 429 g/mol. The van der Waals surface area contributed by atoms with Crippen molar-refractivity contribution < 1.29 is 13.9 Å². The van der Waals surface area contributed by atoms with E-state index in [1.807, 2.05) is 38.1 Å². The van der Waals surface area contributed by atoms with Crippen LogP contribution in [0.25, 0.3) is 0 Å². The summed E-state index contributed by atoms with van der Waals surface area (Å²) in [6, 6.07) is 13.7. The van der Waals surface area contributed by atoms with E-state index in [1.165, 1.54) is 23.9 Å². The van der Waals surface area contributed by atoms with Crippen LogP contribution < -0.4 is 15.6 Å². The van der Waals surface area contributed by atoms with Gasteiger partial charge in [-0.15, -0.1) is 0 Å². The molecule has 1 aromatic heterocycles. The Hall–Kier alpha value is -3.13. The van der Waals surface area contributed by atoms with Crippen molar-refractivity contribution in [3.05, 3.63) is 81.4 Å². The molecule has 0 fully saturated rings. The Bertz CT molecular complexity index is 1210. The molecule has 1 atom stereocenters. The molecule has 0 saturated carbocycles. The smallest absolute Gasteiger partial charge is 0.279 e. The second kappa shape index (κ2) is 9.16. The zero-order valence-electron chi connectivity index (χ0n) is 18.1. The van der Waals surface area contributed by atoms with Crippen LogP contribution in [0.5, 0.6) is 5.75 Å². The van der Waals surface area contributed by atoms with Gasteiger partial charge in [-0.25, -0.2) is 4.39 Å². The Kier molecular flexibility index (Phi) is 6.32. The van der Waals surface area contributed by atoms with Gasteiger partial charge in [0.05, 0.1) is 11.7 Å². The highest BCUT2D eigenvalue weighted by Crippen LogP contribution is 2.39. The zero-order valence-corrected chi connectivity index (χ0v) is 18.9. The van der Waals surface area contributed by atoms with Gasteiger partial charge in [-0.05, 0) is 37.6 Å². The fraction of sp³-hybridized carbons (Fsp3) is 0.292. The van der Waals surface area contributed by atoms with Crippen LogP contribution in [0.15, 0.2) is 58.5 Å². The molecule has 1 N–H and O–H groups in total. The Morgan fingerprint density at radius 1 is 1.19 bits per heavy atom. The van der Waals surface area contributed by atoms with E-state index in [-0.39, 0.29) is 29.8 Å².